The number of rotatable bonds is 4. The highest BCUT2D eigenvalue weighted by Gasteiger charge is 2.33. The van der Waals surface area contributed by atoms with Crippen molar-refractivity contribution in [2.45, 2.75) is 17.7 Å². The number of benzene rings is 1. The molecule has 1 saturated heterocycles. The van der Waals surface area contributed by atoms with E-state index >= 15 is 0 Å². The summed E-state index contributed by atoms with van der Waals surface area (Å²) in [6.45, 7) is 0.397. The van der Waals surface area contributed by atoms with E-state index in [4.69, 9.17) is 9.63 Å². The number of carboxylic acids is 1. The third-order valence-electron chi connectivity index (χ3n) is 4.01. The number of hydrogen-bond donors (Lipinski definition) is 1. The highest BCUT2D eigenvalue weighted by Crippen LogP contribution is 2.31. The summed E-state index contributed by atoms with van der Waals surface area (Å²) in [6, 6.07) is 8.17. The Labute approximate surface area is 133 Å². The third kappa shape index (κ3) is 2.99. The molecule has 0 radical (unpaired) electrons. The minimum atomic E-state index is -3.72. The Morgan fingerprint density at radius 3 is 2.52 bits per heavy atom. The van der Waals surface area contributed by atoms with Crippen LogP contribution >= 0.6 is 0 Å². The van der Waals surface area contributed by atoms with Crippen molar-refractivity contribution in [1.82, 2.24) is 9.46 Å². The van der Waals surface area contributed by atoms with Gasteiger partial charge in [0.15, 0.2) is 5.76 Å². The molecule has 1 aliphatic heterocycles. The first-order chi connectivity index (χ1) is 11.0. The average Bonchev–Trinajstić information content (AvgIpc) is 3.09. The Kier molecular flexibility index (Phi) is 4.18. The molecule has 1 fully saturated rings. The lowest BCUT2D eigenvalue weighted by molar-refractivity contribution is -0.142. The summed E-state index contributed by atoms with van der Waals surface area (Å²) < 4.78 is 32.2. The van der Waals surface area contributed by atoms with Gasteiger partial charge >= 0.3 is 5.97 Å². The van der Waals surface area contributed by atoms with Crippen molar-refractivity contribution in [3.05, 3.63) is 36.5 Å². The van der Waals surface area contributed by atoms with Gasteiger partial charge in [-0.3, -0.25) is 4.79 Å². The Bertz CT molecular complexity index is 793. The lowest BCUT2D eigenvalue weighted by Gasteiger charge is -2.29. The molecule has 1 N–H and O–H groups in total. The molecule has 1 aromatic carbocycles. The summed E-state index contributed by atoms with van der Waals surface area (Å²) in [5.41, 5.74) is 0.449. The molecule has 3 rings (SSSR count). The van der Waals surface area contributed by atoms with Gasteiger partial charge in [0.1, 0.15) is 0 Å². The summed E-state index contributed by atoms with van der Waals surface area (Å²) in [5, 5.41) is 12.6. The van der Waals surface area contributed by atoms with Gasteiger partial charge in [-0.1, -0.05) is 17.3 Å². The molecule has 23 heavy (non-hydrogen) atoms. The normalized spacial score (nSPS) is 17.2. The maximum atomic E-state index is 12.9. The summed E-state index contributed by atoms with van der Waals surface area (Å²) in [5.74, 6) is -0.973. The van der Waals surface area contributed by atoms with Crippen LogP contribution in [0.4, 0.5) is 0 Å². The summed E-state index contributed by atoms with van der Waals surface area (Å²) >= 11 is 0. The molecular formula is C15H16N2O5S. The van der Waals surface area contributed by atoms with Gasteiger partial charge in [0.05, 0.1) is 17.0 Å². The molecule has 2 aromatic rings. The van der Waals surface area contributed by atoms with Crippen LogP contribution in [-0.2, 0) is 14.8 Å². The lowest BCUT2D eigenvalue weighted by atomic mass is 9.99. The van der Waals surface area contributed by atoms with Crippen LogP contribution in [0.15, 0.2) is 45.9 Å². The maximum absolute atomic E-state index is 12.9. The predicted octanol–water partition coefficient (Wildman–Crippen LogP) is 1.83. The second-order valence-electron chi connectivity index (χ2n) is 5.39. The topological polar surface area (TPSA) is 101 Å². The Balaban J connectivity index is 1.91. The molecule has 0 saturated carbocycles. The molecule has 1 aliphatic rings. The van der Waals surface area contributed by atoms with Gasteiger partial charge in [-0.2, -0.15) is 4.31 Å². The number of nitrogens with zero attached hydrogens (tertiary/aromatic N) is 2. The molecular weight excluding hydrogens is 320 g/mol. The number of piperidine rings is 1. The standard InChI is InChI=1S/C15H16N2O5S/c18-15(19)11-6-9-17(10-7-11)23(20,21)14-4-2-1-3-12(14)13-5-8-16-22-13/h1-5,8,11H,6-7,9-10H2,(H,18,19). The zero-order valence-corrected chi connectivity index (χ0v) is 13.1. The second kappa shape index (κ2) is 6.13. The van der Waals surface area contributed by atoms with Gasteiger partial charge < -0.3 is 9.63 Å². The van der Waals surface area contributed by atoms with Crippen molar-refractivity contribution in [3.8, 4) is 11.3 Å². The van der Waals surface area contributed by atoms with E-state index in [1.807, 2.05) is 0 Å². The van der Waals surface area contributed by atoms with Crippen LogP contribution in [0.2, 0.25) is 0 Å². The van der Waals surface area contributed by atoms with Gasteiger partial charge in [0, 0.05) is 24.7 Å². The third-order valence-corrected chi connectivity index (χ3v) is 5.97. The number of carboxylic acid groups (broad SMARTS) is 1. The molecule has 122 valence electrons. The van der Waals surface area contributed by atoms with Gasteiger partial charge in [-0.05, 0) is 25.0 Å². The SMILES string of the molecule is O=C(O)C1CCN(S(=O)(=O)c2ccccc2-c2ccno2)CC1. The predicted molar refractivity (Wildman–Crippen MR) is 81.1 cm³/mol. The second-order valence-corrected chi connectivity index (χ2v) is 7.30. The fourth-order valence-corrected chi connectivity index (χ4v) is 4.40. The van der Waals surface area contributed by atoms with E-state index in [-0.39, 0.29) is 18.0 Å². The summed E-state index contributed by atoms with van der Waals surface area (Å²) in [6.07, 6.45) is 2.09. The van der Waals surface area contributed by atoms with Crippen LogP contribution in [0.1, 0.15) is 12.8 Å². The van der Waals surface area contributed by atoms with Crippen LogP contribution in [0.3, 0.4) is 0 Å². The van der Waals surface area contributed by atoms with Crippen LogP contribution in [0, 0.1) is 5.92 Å². The number of hydrogen-bond acceptors (Lipinski definition) is 5. The molecule has 0 unspecified atom stereocenters. The van der Waals surface area contributed by atoms with E-state index in [9.17, 15) is 13.2 Å². The minimum Gasteiger partial charge on any atom is -0.481 e. The molecule has 0 bridgehead atoms. The molecule has 0 amide bonds. The van der Waals surface area contributed by atoms with Gasteiger partial charge in [-0.15, -0.1) is 0 Å². The van der Waals surface area contributed by atoms with Crippen LogP contribution in [0.25, 0.3) is 11.3 Å². The number of aromatic nitrogens is 1. The highest BCUT2D eigenvalue weighted by molar-refractivity contribution is 7.89. The zero-order chi connectivity index (χ0) is 16.4. The first kappa shape index (κ1) is 15.7. The van der Waals surface area contributed by atoms with Crippen LogP contribution in [0.5, 0.6) is 0 Å². The molecule has 2 heterocycles. The number of sulfonamides is 1. The van der Waals surface area contributed by atoms with Crippen molar-refractivity contribution in [1.29, 1.82) is 0 Å². The highest BCUT2D eigenvalue weighted by atomic mass is 32.2. The van der Waals surface area contributed by atoms with E-state index < -0.39 is 21.9 Å². The Morgan fingerprint density at radius 1 is 1.22 bits per heavy atom. The largest absolute Gasteiger partial charge is 0.481 e. The number of carbonyl (C=O) groups is 1. The fourth-order valence-electron chi connectivity index (χ4n) is 2.73. The summed E-state index contributed by atoms with van der Waals surface area (Å²) in [7, 11) is -3.72. The van der Waals surface area contributed by atoms with Gasteiger partial charge in [-0.25, -0.2) is 8.42 Å². The average molecular weight is 336 g/mol. The first-order valence-corrected chi connectivity index (χ1v) is 8.67. The van der Waals surface area contributed by atoms with Crippen molar-refractivity contribution in [3.63, 3.8) is 0 Å². The monoisotopic (exact) mass is 336 g/mol. The Morgan fingerprint density at radius 2 is 1.91 bits per heavy atom. The maximum Gasteiger partial charge on any atom is 0.306 e. The van der Waals surface area contributed by atoms with Gasteiger partial charge in [0.25, 0.3) is 0 Å². The van der Waals surface area contributed by atoms with Crippen LogP contribution in [-0.4, -0.2) is 42.0 Å². The molecule has 0 spiro atoms. The van der Waals surface area contributed by atoms with E-state index in [0.717, 1.165) is 0 Å². The zero-order valence-electron chi connectivity index (χ0n) is 12.3. The van der Waals surface area contributed by atoms with E-state index in [2.05, 4.69) is 5.16 Å². The quantitative estimate of drug-likeness (QED) is 0.914. The lowest BCUT2D eigenvalue weighted by Crippen LogP contribution is -2.40. The van der Waals surface area contributed by atoms with Crippen molar-refractivity contribution in [2.75, 3.05) is 13.1 Å². The minimum absolute atomic E-state index is 0.144. The smallest absolute Gasteiger partial charge is 0.306 e. The van der Waals surface area contributed by atoms with E-state index in [0.29, 0.717) is 24.2 Å². The van der Waals surface area contributed by atoms with E-state index in [1.165, 1.54) is 16.6 Å². The van der Waals surface area contributed by atoms with E-state index in [1.54, 1.807) is 24.3 Å². The summed E-state index contributed by atoms with van der Waals surface area (Å²) in [4.78, 5) is 11.1. The molecule has 8 heteroatoms. The number of aliphatic carboxylic acids is 1. The van der Waals surface area contributed by atoms with Crippen molar-refractivity contribution >= 4 is 16.0 Å². The molecule has 0 aliphatic carbocycles. The molecule has 7 nitrogen and oxygen atoms in total. The van der Waals surface area contributed by atoms with Crippen molar-refractivity contribution in [2.24, 2.45) is 5.92 Å². The fraction of sp³-hybridized carbons (Fsp3) is 0.333. The first-order valence-electron chi connectivity index (χ1n) is 7.23. The molecule has 0 atom stereocenters. The van der Waals surface area contributed by atoms with Crippen molar-refractivity contribution < 1.29 is 22.8 Å². The Hall–Kier alpha value is -2.19. The van der Waals surface area contributed by atoms with Crippen LogP contribution < -0.4 is 0 Å². The molecule has 1 aromatic heterocycles. The van der Waals surface area contributed by atoms with Gasteiger partial charge in [0.2, 0.25) is 10.0 Å².